The van der Waals surface area contributed by atoms with Crippen LogP contribution < -0.4 is 10.6 Å². The fourth-order valence-corrected chi connectivity index (χ4v) is 4.59. The van der Waals surface area contributed by atoms with E-state index in [9.17, 15) is 9.59 Å². The summed E-state index contributed by atoms with van der Waals surface area (Å²) in [4.78, 5) is 26.0. The van der Waals surface area contributed by atoms with Gasteiger partial charge < -0.3 is 10.6 Å². The van der Waals surface area contributed by atoms with Crippen molar-refractivity contribution < 1.29 is 9.59 Å². The van der Waals surface area contributed by atoms with Gasteiger partial charge in [-0.15, -0.1) is 11.8 Å². The predicted molar refractivity (Wildman–Crippen MR) is 120 cm³/mol. The molecule has 0 spiro atoms. The maximum atomic E-state index is 12.8. The molecule has 0 radical (unpaired) electrons. The molecule has 0 bridgehead atoms. The van der Waals surface area contributed by atoms with Crippen LogP contribution in [0.3, 0.4) is 0 Å². The van der Waals surface area contributed by atoms with Gasteiger partial charge in [-0.05, 0) is 62.8 Å². The van der Waals surface area contributed by atoms with Crippen LogP contribution in [0.25, 0.3) is 0 Å². The molecule has 1 aliphatic rings. The lowest BCUT2D eigenvalue weighted by molar-refractivity contribution is -0.113. The number of anilines is 1. The second-order valence-electron chi connectivity index (χ2n) is 7.80. The van der Waals surface area contributed by atoms with E-state index in [-0.39, 0.29) is 23.6 Å². The first kappa shape index (κ1) is 21.4. The summed E-state index contributed by atoms with van der Waals surface area (Å²) in [5.74, 6) is 0.955. The highest BCUT2D eigenvalue weighted by Crippen LogP contribution is 2.28. The zero-order valence-corrected chi connectivity index (χ0v) is 18.1. The Labute approximate surface area is 177 Å². The highest BCUT2D eigenvalue weighted by Gasteiger charge is 2.22. The largest absolute Gasteiger partial charge is 0.349 e. The lowest BCUT2D eigenvalue weighted by Crippen LogP contribution is -2.37. The molecule has 4 nitrogen and oxygen atoms in total. The molecule has 0 aromatic heterocycles. The van der Waals surface area contributed by atoms with Crippen molar-refractivity contribution >= 4 is 29.3 Å². The minimum Gasteiger partial charge on any atom is -0.349 e. The fraction of sp³-hybridized carbons (Fsp3) is 0.417. The highest BCUT2D eigenvalue weighted by molar-refractivity contribution is 8.00. The van der Waals surface area contributed by atoms with Crippen LogP contribution in [0.1, 0.15) is 54.9 Å². The molecule has 29 heavy (non-hydrogen) atoms. The SMILES string of the molecule is CCC1CCC(NC(=O)c2ccccc2SCC(=O)Nc2ccc(C)cc2)CC1. The van der Waals surface area contributed by atoms with Gasteiger partial charge in [-0.2, -0.15) is 0 Å². The standard InChI is InChI=1S/C24H30N2O2S/c1-3-18-10-14-20(15-11-18)26-24(28)21-6-4-5-7-22(21)29-16-23(27)25-19-12-8-17(2)9-13-19/h4-9,12-13,18,20H,3,10-11,14-16H2,1-2H3,(H,25,27)(H,26,28). The van der Waals surface area contributed by atoms with E-state index in [1.165, 1.54) is 31.0 Å². The lowest BCUT2D eigenvalue weighted by atomic mass is 9.84. The Morgan fingerprint density at radius 3 is 2.38 bits per heavy atom. The van der Waals surface area contributed by atoms with E-state index in [1.54, 1.807) is 0 Å². The summed E-state index contributed by atoms with van der Waals surface area (Å²) >= 11 is 1.40. The van der Waals surface area contributed by atoms with Gasteiger partial charge >= 0.3 is 0 Å². The second kappa shape index (κ2) is 10.5. The average molecular weight is 411 g/mol. The Morgan fingerprint density at radius 2 is 1.69 bits per heavy atom. The second-order valence-corrected chi connectivity index (χ2v) is 8.82. The molecule has 2 aromatic carbocycles. The number of amides is 2. The molecule has 1 aliphatic carbocycles. The number of benzene rings is 2. The van der Waals surface area contributed by atoms with E-state index in [2.05, 4.69) is 17.6 Å². The van der Waals surface area contributed by atoms with E-state index in [4.69, 9.17) is 0 Å². The van der Waals surface area contributed by atoms with Crippen LogP contribution in [0, 0.1) is 12.8 Å². The minimum absolute atomic E-state index is 0.0352. The van der Waals surface area contributed by atoms with Gasteiger partial charge in [0.15, 0.2) is 0 Å². The van der Waals surface area contributed by atoms with Crippen LogP contribution >= 0.6 is 11.8 Å². The Bertz CT molecular complexity index is 827. The van der Waals surface area contributed by atoms with Crippen molar-refractivity contribution in [2.45, 2.75) is 56.9 Å². The Morgan fingerprint density at radius 1 is 1.00 bits per heavy atom. The van der Waals surface area contributed by atoms with Gasteiger partial charge in [0.2, 0.25) is 5.91 Å². The van der Waals surface area contributed by atoms with Crippen LogP contribution in [-0.4, -0.2) is 23.6 Å². The van der Waals surface area contributed by atoms with Crippen molar-refractivity contribution in [3.05, 3.63) is 59.7 Å². The third kappa shape index (κ3) is 6.36. The number of carbonyl (C=O) groups excluding carboxylic acids is 2. The number of nitrogens with one attached hydrogen (secondary N) is 2. The summed E-state index contributed by atoms with van der Waals surface area (Å²) in [7, 11) is 0. The molecule has 5 heteroatoms. The number of aryl methyl sites for hydroxylation is 1. The van der Waals surface area contributed by atoms with Gasteiger partial charge in [-0.1, -0.05) is 43.2 Å². The summed E-state index contributed by atoms with van der Waals surface area (Å²) in [5, 5.41) is 6.10. The first-order valence-electron chi connectivity index (χ1n) is 10.4. The molecule has 0 atom stereocenters. The van der Waals surface area contributed by atoms with E-state index in [0.717, 1.165) is 34.9 Å². The minimum atomic E-state index is -0.0769. The molecule has 1 saturated carbocycles. The number of rotatable bonds is 7. The van der Waals surface area contributed by atoms with E-state index >= 15 is 0 Å². The van der Waals surface area contributed by atoms with Gasteiger partial charge in [0.05, 0.1) is 11.3 Å². The van der Waals surface area contributed by atoms with Crippen molar-refractivity contribution in [3.8, 4) is 0 Å². The van der Waals surface area contributed by atoms with Gasteiger partial charge in [-0.3, -0.25) is 9.59 Å². The van der Waals surface area contributed by atoms with E-state index < -0.39 is 0 Å². The smallest absolute Gasteiger partial charge is 0.252 e. The van der Waals surface area contributed by atoms with Crippen LogP contribution in [0.5, 0.6) is 0 Å². The molecule has 154 valence electrons. The first-order chi connectivity index (χ1) is 14.0. The number of hydrogen-bond acceptors (Lipinski definition) is 3. The molecule has 2 N–H and O–H groups in total. The summed E-state index contributed by atoms with van der Waals surface area (Å²) in [6.45, 7) is 4.25. The molecule has 2 amide bonds. The number of carbonyl (C=O) groups is 2. The van der Waals surface area contributed by atoms with Crippen molar-refractivity contribution in [1.29, 1.82) is 0 Å². The normalized spacial score (nSPS) is 18.8. The molecule has 0 aliphatic heterocycles. The Balaban J connectivity index is 1.55. The first-order valence-corrected chi connectivity index (χ1v) is 11.4. The molecule has 0 heterocycles. The molecular formula is C24H30N2O2S. The molecule has 3 rings (SSSR count). The summed E-state index contributed by atoms with van der Waals surface area (Å²) in [5.41, 5.74) is 2.59. The van der Waals surface area contributed by atoms with Crippen molar-refractivity contribution in [1.82, 2.24) is 5.32 Å². The zero-order chi connectivity index (χ0) is 20.6. The Kier molecular flexibility index (Phi) is 7.76. The summed E-state index contributed by atoms with van der Waals surface area (Å²) < 4.78 is 0. The van der Waals surface area contributed by atoms with Gasteiger partial charge in [0, 0.05) is 16.6 Å². The lowest BCUT2D eigenvalue weighted by Gasteiger charge is -2.28. The Hall–Kier alpha value is -2.27. The third-order valence-corrected chi connectivity index (χ3v) is 6.66. The monoisotopic (exact) mass is 410 g/mol. The highest BCUT2D eigenvalue weighted by atomic mass is 32.2. The molecule has 0 unspecified atom stereocenters. The van der Waals surface area contributed by atoms with Gasteiger partial charge in [-0.25, -0.2) is 0 Å². The molecular weight excluding hydrogens is 380 g/mol. The maximum Gasteiger partial charge on any atom is 0.252 e. The van der Waals surface area contributed by atoms with Crippen LogP contribution in [0.4, 0.5) is 5.69 Å². The third-order valence-electron chi connectivity index (χ3n) is 5.59. The van der Waals surface area contributed by atoms with Gasteiger partial charge in [0.25, 0.3) is 5.91 Å². The molecule has 2 aromatic rings. The topological polar surface area (TPSA) is 58.2 Å². The summed E-state index contributed by atoms with van der Waals surface area (Å²) in [6, 6.07) is 15.5. The van der Waals surface area contributed by atoms with E-state index in [0.29, 0.717) is 5.56 Å². The average Bonchev–Trinajstić information content (AvgIpc) is 2.74. The van der Waals surface area contributed by atoms with Crippen LogP contribution in [-0.2, 0) is 4.79 Å². The van der Waals surface area contributed by atoms with Crippen LogP contribution in [0.15, 0.2) is 53.4 Å². The molecule has 1 fully saturated rings. The summed E-state index contributed by atoms with van der Waals surface area (Å²) in [6.07, 6.45) is 5.72. The van der Waals surface area contributed by atoms with Crippen molar-refractivity contribution in [3.63, 3.8) is 0 Å². The van der Waals surface area contributed by atoms with Crippen LogP contribution in [0.2, 0.25) is 0 Å². The zero-order valence-electron chi connectivity index (χ0n) is 17.2. The van der Waals surface area contributed by atoms with Crippen molar-refractivity contribution in [2.75, 3.05) is 11.1 Å². The van der Waals surface area contributed by atoms with Gasteiger partial charge in [0.1, 0.15) is 0 Å². The fourth-order valence-electron chi connectivity index (χ4n) is 3.74. The quantitative estimate of drug-likeness (QED) is 0.599. The number of thioether (sulfide) groups is 1. The number of hydrogen-bond donors (Lipinski definition) is 2. The maximum absolute atomic E-state index is 12.8. The molecule has 0 saturated heterocycles. The predicted octanol–water partition coefficient (Wildman–Crippen LogP) is 5.42. The van der Waals surface area contributed by atoms with E-state index in [1.807, 2.05) is 55.5 Å². The van der Waals surface area contributed by atoms with Crippen molar-refractivity contribution in [2.24, 2.45) is 5.92 Å².